The SMILES string of the molecule is C/C=C(/c1ccccc1)[C@@H](F)CO. The standard InChI is InChI=1S/C11H13FO/c1-2-10(11(12)8-13)9-6-4-3-5-7-9/h2-7,11,13H,8H2,1H3/b10-2-/t11-/m0/s1. The molecule has 0 fully saturated rings. The number of rotatable bonds is 3. The van der Waals surface area contributed by atoms with Crippen LogP contribution in [-0.2, 0) is 0 Å². The lowest BCUT2D eigenvalue weighted by Gasteiger charge is -2.09. The lowest BCUT2D eigenvalue weighted by atomic mass is 10.0. The van der Waals surface area contributed by atoms with Gasteiger partial charge in [-0.1, -0.05) is 36.4 Å². The maximum absolute atomic E-state index is 13.2. The Morgan fingerprint density at radius 3 is 2.54 bits per heavy atom. The van der Waals surface area contributed by atoms with Gasteiger partial charge in [-0.25, -0.2) is 4.39 Å². The van der Waals surface area contributed by atoms with E-state index in [0.717, 1.165) is 5.56 Å². The van der Waals surface area contributed by atoms with E-state index in [1.54, 1.807) is 13.0 Å². The van der Waals surface area contributed by atoms with Crippen LogP contribution in [0.2, 0.25) is 0 Å². The molecule has 1 atom stereocenters. The summed E-state index contributed by atoms with van der Waals surface area (Å²) in [5.74, 6) is 0. The first-order chi connectivity index (χ1) is 6.29. The number of aliphatic hydroxyl groups excluding tert-OH is 1. The van der Waals surface area contributed by atoms with Crippen LogP contribution in [0.25, 0.3) is 5.57 Å². The van der Waals surface area contributed by atoms with Gasteiger partial charge in [-0.2, -0.15) is 0 Å². The molecule has 1 rings (SSSR count). The number of allylic oxidation sites excluding steroid dienone is 1. The molecule has 2 heteroatoms. The van der Waals surface area contributed by atoms with Crippen molar-refractivity contribution in [2.75, 3.05) is 6.61 Å². The molecule has 0 unspecified atom stereocenters. The predicted octanol–water partition coefficient (Wildman–Crippen LogP) is 2.42. The maximum Gasteiger partial charge on any atom is 0.148 e. The summed E-state index contributed by atoms with van der Waals surface area (Å²) in [5.41, 5.74) is 1.37. The molecule has 0 saturated carbocycles. The van der Waals surface area contributed by atoms with Crippen LogP contribution in [0.1, 0.15) is 12.5 Å². The molecule has 13 heavy (non-hydrogen) atoms. The van der Waals surface area contributed by atoms with Gasteiger partial charge in [-0.15, -0.1) is 0 Å². The third-order valence-electron chi connectivity index (χ3n) is 1.92. The van der Waals surface area contributed by atoms with E-state index in [4.69, 9.17) is 5.11 Å². The van der Waals surface area contributed by atoms with E-state index < -0.39 is 12.8 Å². The van der Waals surface area contributed by atoms with Gasteiger partial charge in [0.15, 0.2) is 0 Å². The van der Waals surface area contributed by atoms with E-state index in [-0.39, 0.29) is 0 Å². The van der Waals surface area contributed by atoms with Gasteiger partial charge in [-0.3, -0.25) is 0 Å². The van der Waals surface area contributed by atoms with Gasteiger partial charge in [0, 0.05) is 0 Å². The van der Waals surface area contributed by atoms with E-state index in [0.29, 0.717) is 5.57 Å². The highest BCUT2D eigenvalue weighted by molar-refractivity contribution is 5.68. The van der Waals surface area contributed by atoms with Crippen molar-refractivity contribution in [2.45, 2.75) is 13.1 Å². The Hall–Kier alpha value is -1.15. The molecular formula is C11H13FO. The van der Waals surface area contributed by atoms with Gasteiger partial charge in [0.2, 0.25) is 0 Å². The van der Waals surface area contributed by atoms with Crippen molar-refractivity contribution in [3.8, 4) is 0 Å². The third-order valence-corrected chi connectivity index (χ3v) is 1.92. The van der Waals surface area contributed by atoms with Crippen molar-refractivity contribution in [2.24, 2.45) is 0 Å². The lowest BCUT2D eigenvalue weighted by Crippen LogP contribution is -2.08. The number of alkyl halides is 1. The summed E-state index contributed by atoms with van der Waals surface area (Å²) in [6.07, 6.45) is 0.406. The smallest absolute Gasteiger partial charge is 0.148 e. The molecule has 1 N–H and O–H groups in total. The number of halogens is 1. The average molecular weight is 180 g/mol. The Morgan fingerprint density at radius 2 is 2.08 bits per heavy atom. The summed E-state index contributed by atoms with van der Waals surface area (Å²) < 4.78 is 13.2. The Balaban J connectivity index is 2.93. The van der Waals surface area contributed by atoms with Crippen molar-refractivity contribution in [1.82, 2.24) is 0 Å². The second kappa shape index (κ2) is 4.77. The molecule has 0 aliphatic heterocycles. The summed E-state index contributed by atoms with van der Waals surface area (Å²) >= 11 is 0. The van der Waals surface area contributed by atoms with Gasteiger partial charge in [0.05, 0.1) is 6.61 Å². The van der Waals surface area contributed by atoms with Crippen LogP contribution in [0.5, 0.6) is 0 Å². The van der Waals surface area contributed by atoms with Crippen LogP contribution in [0.15, 0.2) is 36.4 Å². The molecule has 0 amide bonds. The summed E-state index contributed by atoms with van der Waals surface area (Å²) in [6.45, 7) is 1.30. The first-order valence-corrected chi connectivity index (χ1v) is 4.26. The fraction of sp³-hybridized carbons (Fsp3) is 0.273. The third kappa shape index (κ3) is 2.39. The second-order valence-corrected chi connectivity index (χ2v) is 2.76. The quantitative estimate of drug-likeness (QED) is 0.757. The molecule has 0 aliphatic rings. The largest absolute Gasteiger partial charge is 0.393 e. The van der Waals surface area contributed by atoms with Crippen molar-refractivity contribution in [1.29, 1.82) is 0 Å². The Labute approximate surface area is 77.5 Å². The summed E-state index contributed by atoms with van der Waals surface area (Å²) in [6, 6.07) is 9.24. The van der Waals surface area contributed by atoms with Crippen molar-refractivity contribution < 1.29 is 9.50 Å². The summed E-state index contributed by atoms with van der Waals surface area (Å²) in [4.78, 5) is 0. The predicted molar refractivity (Wildman–Crippen MR) is 52.1 cm³/mol. The first kappa shape index (κ1) is 9.93. The molecule has 0 spiro atoms. The van der Waals surface area contributed by atoms with Gasteiger partial charge >= 0.3 is 0 Å². The average Bonchev–Trinajstić information content (AvgIpc) is 2.20. The molecular weight excluding hydrogens is 167 g/mol. The zero-order valence-corrected chi connectivity index (χ0v) is 7.57. The number of hydrogen-bond acceptors (Lipinski definition) is 1. The molecule has 0 aromatic heterocycles. The number of aliphatic hydroxyl groups is 1. The van der Waals surface area contributed by atoms with Crippen LogP contribution >= 0.6 is 0 Å². The molecule has 1 aromatic carbocycles. The van der Waals surface area contributed by atoms with Crippen LogP contribution in [0, 0.1) is 0 Å². The van der Waals surface area contributed by atoms with Crippen LogP contribution in [0.4, 0.5) is 4.39 Å². The minimum Gasteiger partial charge on any atom is -0.393 e. The highest BCUT2D eigenvalue weighted by Gasteiger charge is 2.11. The summed E-state index contributed by atoms with van der Waals surface area (Å²) in [5, 5.41) is 8.68. The maximum atomic E-state index is 13.2. The zero-order chi connectivity index (χ0) is 9.68. The molecule has 0 saturated heterocycles. The van der Waals surface area contributed by atoms with Crippen LogP contribution in [0.3, 0.4) is 0 Å². The fourth-order valence-electron chi connectivity index (χ4n) is 1.26. The van der Waals surface area contributed by atoms with E-state index in [1.165, 1.54) is 0 Å². The monoisotopic (exact) mass is 180 g/mol. The Bertz CT molecular complexity index is 279. The van der Waals surface area contributed by atoms with Crippen LogP contribution < -0.4 is 0 Å². The van der Waals surface area contributed by atoms with E-state index in [2.05, 4.69) is 0 Å². The van der Waals surface area contributed by atoms with E-state index in [9.17, 15) is 4.39 Å². The van der Waals surface area contributed by atoms with E-state index in [1.807, 2.05) is 30.3 Å². The minimum absolute atomic E-state index is 0.464. The van der Waals surface area contributed by atoms with Gasteiger partial charge in [-0.05, 0) is 18.1 Å². The molecule has 0 heterocycles. The molecule has 1 aromatic rings. The molecule has 1 nitrogen and oxygen atoms in total. The van der Waals surface area contributed by atoms with Gasteiger partial charge < -0.3 is 5.11 Å². The molecule has 0 radical (unpaired) electrons. The normalized spacial score (nSPS) is 14.2. The number of benzene rings is 1. The number of hydrogen-bond donors (Lipinski definition) is 1. The minimum atomic E-state index is -1.28. The van der Waals surface area contributed by atoms with E-state index >= 15 is 0 Å². The van der Waals surface area contributed by atoms with Crippen molar-refractivity contribution in [3.63, 3.8) is 0 Å². The molecule has 70 valence electrons. The lowest BCUT2D eigenvalue weighted by molar-refractivity contribution is 0.215. The fourth-order valence-corrected chi connectivity index (χ4v) is 1.26. The topological polar surface area (TPSA) is 20.2 Å². The first-order valence-electron chi connectivity index (χ1n) is 4.26. The highest BCUT2D eigenvalue weighted by atomic mass is 19.1. The van der Waals surface area contributed by atoms with Gasteiger partial charge in [0.1, 0.15) is 6.17 Å². The Kier molecular flexibility index (Phi) is 3.65. The Morgan fingerprint density at radius 1 is 1.46 bits per heavy atom. The summed E-state index contributed by atoms with van der Waals surface area (Å²) in [7, 11) is 0. The zero-order valence-electron chi connectivity index (χ0n) is 7.57. The highest BCUT2D eigenvalue weighted by Crippen LogP contribution is 2.19. The molecule has 0 aliphatic carbocycles. The van der Waals surface area contributed by atoms with Gasteiger partial charge in [0.25, 0.3) is 0 Å². The van der Waals surface area contributed by atoms with Crippen molar-refractivity contribution >= 4 is 5.57 Å². The molecule has 0 bridgehead atoms. The van der Waals surface area contributed by atoms with Crippen LogP contribution in [-0.4, -0.2) is 17.9 Å². The second-order valence-electron chi connectivity index (χ2n) is 2.76. The van der Waals surface area contributed by atoms with Crippen molar-refractivity contribution in [3.05, 3.63) is 42.0 Å².